The van der Waals surface area contributed by atoms with E-state index in [1.54, 1.807) is 0 Å². The van der Waals surface area contributed by atoms with Crippen LogP contribution >= 0.6 is 12.2 Å². The van der Waals surface area contributed by atoms with Gasteiger partial charge in [-0.1, -0.05) is 45.7 Å². The normalized spacial score (nSPS) is 16.4. The molecule has 4 nitrogen and oxygen atoms in total. The SMILES string of the molecule is CC(C)(C)C(=O)NC(=S)Nc1ccc(C2(C#N)CCCC2)cc1. The minimum absolute atomic E-state index is 0.124. The first kappa shape index (κ1) is 17.4. The van der Waals surface area contributed by atoms with Crippen LogP contribution < -0.4 is 10.6 Å². The number of hydrogen-bond donors (Lipinski definition) is 2. The van der Waals surface area contributed by atoms with Crippen LogP contribution in [-0.4, -0.2) is 11.0 Å². The number of nitrogens with zero attached hydrogens (tertiary/aromatic N) is 1. The first-order valence-corrected chi connectivity index (χ1v) is 8.32. The molecule has 1 aliphatic rings. The molecule has 0 aromatic heterocycles. The van der Waals surface area contributed by atoms with Crippen molar-refractivity contribution in [1.29, 1.82) is 5.26 Å². The molecule has 122 valence electrons. The lowest BCUT2D eigenvalue weighted by atomic mass is 9.80. The third-order valence-electron chi connectivity index (χ3n) is 4.27. The van der Waals surface area contributed by atoms with Gasteiger partial charge in [-0.25, -0.2) is 0 Å². The van der Waals surface area contributed by atoms with E-state index in [0.29, 0.717) is 0 Å². The molecule has 0 unspecified atom stereocenters. The molecule has 1 aromatic carbocycles. The van der Waals surface area contributed by atoms with Crippen LogP contribution in [0.15, 0.2) is 24.3 Å². The monoisotopic (exact) mass is 329 g/mol. The molecule has 1 aliphatic carbocycles. The van der Waals surface area contributed by atoms with Crippen LogP contribution in [0.1, 0.15) is 52.0 Å². The second-order valence-electron chi connectivity index (χ2n) is 7.14. The number of hydrogen-bond acceptors (Lipinski definition) is 3. The van der Waals surface area contributed by atoms with E-state index in [2.05, 4.69) is 16.7 Å². The molecule has 0 saturated heterocycles. The molecule has 1 amide bonds. The van der Waals surface area contributed by atoms with Crippen molar-refractivity contribution in [3.8, 4) is 6.07 Å². The Hall–Kier alpha value is -1.93. The van der Waals surface area contributed by atoms with Crippen molar-refractivity contribution in [3.05, 3.63) is 29.8 Å². The van der Waals surface area contributed by atoms with Gasteiger partial charge in [0.15, 0.2) is 5.11 Å². The molecule has 2 N–H and O–H groups in total. The van der Waals surface area contributed by atoms with Crippen LogP contribution in [0.5, 0.6) is 0 Å². The second-order valence-corrected chi connectivity index (χ2v) is 7.54. The Bertz CT molecular complexity index is 632. The van der Waals surface area contributed by atoms with Crippen LogP contribution in [0, 0.1) is 16.7 Å². The maximum atomic E-state index is 11.9. The molecule has 0 atom stereocenters. The zero-order chi connectivity index (χ0) is 17.1. The van der Waals surface area contributed by atoms with Gasteiger partial charge in [-0.2, -0.15) is 5.26 Å². The standard InChI is InChI=1S/C18H23N3OS/c1-17(2,3)15(22)21-16(23)20-14-8-6-13(7-9-14)18(12-19)10-4-5-11-18/h6-9H,4-5,10-11H2,1-3H3,(H2,20,21,22,23). The van der Waals surface area contributed by atoms with E-state index in [0.717, 1.165) is 36.9 Å². The fraction of sp³-hybridized carbons (Fsp3) is 0.500. The fourth-order valence-electron chi connectivity index (χ4n) is 2.77. The van der Waals surface area contributed by atoms with Crippen molar-refractivity contribution in [3.63, 3.8) is 0 Å². The zero-order valence-corrected chi connectivity index (χ0v) is 14.7. The van der Waals surface area contributed by atoms with Gasteiger partial charge in [0.1, 0.15) is 0 Å². The number of rotatable bonds is 2. The van der Waals surface area contributed by atoms with Gasteiger partial charge in [-0.15, -0.1) is 0 Å². The summed E-state index contributed by atoms with van der Waals surface area (Å²) in [7, 11) is 0. The first-order valence-electron chi connectivity index (χ1n) is 7.91. The van der Waals surface area contributed by atoms with Gasteiger partial charge in [0.2, 0.25) is 5.91 Å². The van der Waals surface area contributed by atoms with Crippen LogP contribution in [-0.2, 0) is 10.2 Å². The summed E-state index contributed by atoms with van der Waals surface area (Å²) < 4.78 is 0. The predicted octanol–water partition coefficient (Wildman–Crippen LogP) is 3.88. The minimum atomic E-state index is -0.489. The Kier molecular flexibility index (Phi) is 5.06. The summed E-state index contributed by atoms with van der Waals surface area (Å²) in [5.41, 5.74) is 1.04. The van der Waals surface area contributed by atoms with Gasteiger partial charge < -0.3 is 10.6 Å². The maximum Gasteiger partial charge on any atom is 0.231 e. The summed E-state index contributed by atoms with van der Waals surface area (Å²) in [4.78, 5) is 11.9. The number of carbonyl (C=O) groups excluding carboxylic acids is 1. The Labute approximate surface area is 143 Å². The van der Waals surface area contributed by atoms with E-state index < -0.39 is 5.41 Å². The Morgan fingerprint density at radius 1 is 1.22 bits per heavy atom. The second kappa shape index (κ2) is 6.67. The van der Waals surface area contributed by atoms with Crippen LogP contribution in [0.3, 0.4) is 0 Å². The minimum Gasteiger partial charge on any atom is -0.332 e. The quantitative estimate of drug-likeness (QED) is 0.808. The Morgan fingerprint density at radius 2 is 1.78 bits per heavy atom. The number of amides is 1. The highest BCUT2D eigenvalue weighted by Crippen LogP contribution is 2.40. The van der Waals surface area contributed by atoms with Crippen molar-refractivity contribution >= 4 is 28.9 Å². The van der Waals surface area contributed by atoms with Gasteiger partial charge in [-0.05, 0) is 42.8 Å². The van der Waals surface area contributed by atoms with E-state index in [-0.39, 0.29) is 16.4 Å². The number of benzene rings is 1. The summed E-state index contributed by atoms with van der Waals surface area (Å²) in [5, 5.41) is 15.5. The molecule has 0 heterocycles. The molecule has 1 aromatic rings. The molecule has 0 bridgehead atoms. The summed E-state index contributed by atoms with van der Waals surface area (Å²) in [6.45, 7) is 5.51. The van der Waals surface area contributed by atoms with E-state index in [1.165, 1.54) is 0 Å². The van der Waals surface area contributed by atoms with Gasteiger partial charge >= 0.3 is 0 Å². The highest BCUT2D eigenvalue weighted by Gasteiger charge is 2.35. The summed E-state index contributed by atoms with van der Waals surface area (Å²) in [5.74, 6) is -0.124. The lowest BCUT2D eigenvalue weighted by Crippen LogP contribution is -2.41. The molecule has 0 radical (unpaired) electrons. The molecular formula is C18H23N3OS. The summed E-state index contributed by atoms with van der Waals surface area (Å²) in [6, 6.07) is 10.3. The van der Waals surface area contributed by atoms with Crippen LogP contribution in [0.2, 0.25) is 0 Å². The highest BCUT2D eigenvalue weighted by atomic mass is 32.1. The molecular weight excluding hydrogens is 306 g/mol. The third-order valence-corrected chi connectivity index (χ3v) is 4.48. The average Bonchev–Trinajstić information content (AvgIpc) is 2.97. The number of nitriles is 1. The van der Waals surface area contributed by atoms with E-state index in [4.69, 9.17) is 12.2 Å². The lowest BCUT2D eigenvalue weighted by Gasteiger charge is -2.21. The van der Waals surface area contributed by atoms with Crippen molar-refractivity contribution in [2.45, 2.75) is 51.9 Å². The van der Waals surface area contributed by atoms with Crippen molar-refractivity contribution < 1.29 is 4.79 Å². The molecule has 2 rings (SSSR count). The van der Waals surface area contributed by atoms with E-state index >= 15 is 0 Å². The summed E-state index contributed by atoms with van der Waals surface area (Å²) >= 11 is 5.17. The van der Waals surface area contributed by atoms with Crippen molar-refractivity contribution in [1.82, 2.24) is 5.32 Å². The fourth-order valence-corrected chi connectivity index (χ4v) is 2.98. The maximum absolute atomic E-state index is 11.9. The lowest BCUT2D eigenvalue weighted by molar-refractivity contribution is -0.126. The molecule has 0 aliphatic heterocycles. The Balaban J connectivity index is 2.02. The topological polar surface area (TPSA) is 64.9 Å². The number of thiocarbonyl (C=S) groups is 1. The van der Waals surface area contributed by atoms with Crippen LogP contribution in [0.4, 0.5) is 5.69 Å². The van der Waals surface area contributed by atoms with Gasteiger partial charge in [0, 0.05) is 11.1 Å². The largest absolute Gasteiger partial charge is 0.332 e. The number of nitrogens with one attached hydrogen (secondary N) is 2. The van der Waals surface area contributed by atoms with Crippen molar-refractivity contribution in [2.24, 2.45) is 5.41 Å². The molecule has 0 spiro atoms. The molecule has 1 saturated carbocycles. The third kappa shape index (κ3) is 4.08. The molecule has 23 heavy (non-hydrogen) atoms. The van der Waals surface area contributed by atoms with Gasteiger partial charge in [0.05, 0.1) is 11.5 Å². The summed E-state index contributed by atoms with van der Waals surface area (Å²) in [6.07, 6.45) is 4.07. The zero-order valence-electron chi connectivity index (χ0n) is 13.9. The van der Waals surface area contributed by atoms with Gasteiger partial charge in [-0.3, -0.25) is 4.79 Å². The van der Waals surface area contributed by atoms with Crippen molar-refractivity contribution in [2.75, 3.05) is 5.32 Å². The number of carbonyl (C=O) groups is 1. The molecule has 5 heteroatoms. The Morgan fingerprint density at radius 3 is 2.26 bits per heavy atom. The van der Waals surface area contributed by atoms with Crippen LogP contribution in [0.25, 0.3) is 0 Å². The average molecular weight is 329 g/mol. The highest BCUT2D eigenvalue weighted by molar-refractivity contribution is 7.80. The van der Waals surface area contributed by atoms with E-state index in [1.807, 2.05) is 45.0 Å². The van der Waals surface area contributed by atoms with E-state index in [9.17, 15) is 10.1 Å². The first-order chi connectivity index (χ1) is 10.8. The molecule has 1 fully saturated rings. The smallest absolute Gasteiger partial charge is 0.231 e. The number of anilines is 1. The predicted molar refractivity (Wildman–Crippen MR) is 96.0 cm³/mol. The van der Waals surface area contributed by atoms with Gasteiger partial charge in [0.25, 0.3) is 0 Å².